The molecule has 0 aliphatic carbocycles. The molecule has 1 unspecified atom stereocenters. The molecular formula is C15H18F3N3O3. The Bertz CT molecular complexity index is 613. The van der Waals surface area contributed by atoms with Crippen LogP contribution in [0.3, 0.4) is 0 Å². The maximum absolute atomic E-state index is 13.7. The zero-order valence-corrected chi connectivity index (χ0v) is 13.0. The highest BCUT2D eigenvalue weighted by Crippen LogP contribution is 2.23. The second-order valence-corrected chi connectivity index (χ2v) is 5.22. The Morgan fingerprint density at radius 2 is 2.17 bits per heavy atom. The topological polar surface area (TPSA) is 70.7 Å². The van der Waals surface area contributed by atoms with Gasteiger partial charge in [-0.25, -0.2) is 18.0 Å². The minimum absolute atomic E-state index is 0.0243. The second kappa shape index (κ2) is 8.00. The van der Waals surface area contributed by atoms with E-state index in [1.807, 2.05) is 0 Å². The molecule has 2 rings (SSSR count). The molecule has 1 aromatic rings. The number of hydrogen-bond donors (Lipinski definition) is 2. The van der Waals surface area contributed by atoms with Crippen molar-refractivity contribution in [3.63, 3.8) is 0 Å². The number of nitrogens with zero attached hydrogens (tertiary/aromatic N) is 1. The first-order valence-electron chi connectivity index (χ1n) is 7.36. The monoisotopic (exact) mass is 345 g/mol. The van der Waals surface area contributed by atoms with Crippen LogP contribution in [0.4, 0.5) is 18.0 Å². The van der Waals surface area contributed by atoms with Crippen molar-refractivity contribution in [1.29, 1.82) is 0 Å². The molecule has 0 bridgehead atoms. The average molecular weight is 345 g/mol. The number of benzene rings is 1. The molecule has 1 saturated heterocycles. The lowest BCUT2D eigenvalue weighted by Crippen LogP contribution is -2.54. The second-order valence-electron chi connectivity index (χ2n) is 5.22. The largest absolute Gasteiger partial charge is 0.377 e. The molecule has 6 nitrogen and oxygen atoms in total. The Labute approximate surface area is 137 Å². The number of nitrogens with one attached hydrogen (secondary N) is 2. The van der Waals surface area contributed by atoms with Crippen molar-refractivity contribution in [3.05, 3.63) is 35.1 Å². The molecule has 1 aromatic carbocycles. The molecule has 2 N–H and O–H groups in total. The average Bonchev–Trinajstić information content (AvgIpc) is 2.58. The molecule has 132 valence electrons. The van der Waals surface area contributed by atoms with E-state index in [9.17, 15) is 22.8 Å². The molecule has 0 aromatic heterocycles. The van der Waals surface area contributed by atoms with Crippen molar-refractivity contribution in [2.24, 2.45) is 0 Å². The van der Waals surface area contributed by atoms with Gasteiger partial charge >= 0.3 is 6.03 Å². The van der Waals surface area contributed by atoms with Crippen LogP contribution in [-0.2, 0) is 4.74 Å². The molecule has 0 radical (unpaired) electrons. The molecule has 1 heterocycles. The van der Waals surface area contributed by atoms with Crippen LogP contribution in [0.2, 0.25) is 0 Å². The van der Waals surface area contributed by atoms with Crippen LogP contribution in [0.5, 0.6) is 0 Å². The fraction of sp³-hybridized carbons (Fsp3) is 0.467. The van der Waals surface area contributed by atoms with Gasteiger partial charge < -0.3 is 20.3 Å². The quantitative estimate of drug-likeness (QED) is 0.870. The summed E-state index contributed by atoms with van der Waals surface area (Å²) in [6, 6.07) is 2.06. The summed E-state index contributed by atoms with van der Waals surface area (Å²) in [6.07, 6.45) is -2.94. The predicted molar refractivity (Wildman–Crippen MR) is 79.5 cm³/mol. The van der Waals surface area contributed by atoms with Crippen molar-refractivity contribution < 1.29 is 27.5 Å². The van der Waals surface area contributed by atoms with Crippen LogP contribution in [0, 0.1) is 5.82 Å². The minimum Gasteiger partial charge on any atom is -0.377 e. The number of amides is 3. The van der Waals surface area contributed by atoms with Gasteiger partial charge in [0, 0.05) is 25.7 Å². The van der Waals surface area contributed by atoms with E-state index in [1.165, 1.54) is 18.0 Å². The van der Waals surface area contributed by atoms with Crippen LogP contribution < -0.4 is 10.6 Å². The number of ether oxygens (including phenoxy) is 1. The Balaban J connectivity index is 2.13. The number of morpholine rings is 1. The highest BCUT2D eigenvalue weighted by atomic mass is 19.3. The first kappa shape index (κ1) is 18.1. The van der Waals surface area contributed by atoms with Gasteiger partial charge in [0.2, 0.25) is 0 Å². The van der Waals surface area contributed by atoms with Gasteiger partial charge in [0.1, 0.15) is 5.82 Å². The van der Waals surface area contributed by atoms with Crippen LogP contribution in [-0.4, -0.2) is 56.2 Å². The number of carbonyl (C=O) groups is 2. The third kappa shape index (κ3) is 4.16. The van der Waals surface area contributed by atoms with Gasteiger partial charge in [-0.05, 0) is 18.2 Å². The zero-order chi connectivity index (χ0) is 17.7. The Morgan fingerprint density at radius 1 is 1.42 bits per heavy atom. The number of alkyl halides is 2. The highest BCUT2D eigenvalue weighted by molar-refractivity contribution is 5.94. The molecule has 1 fully saturated rings. The van der Waals surface area contributed by atoms with E-state index in [2.05, 4.69) is 10.6 Å². The lowest BCUT2D eigenvalue weighted by molar-refractivity contribution is -0.000790. The highest BCUT2D eigenvalue weighted by Gasteiger charge is 2.29. The molecular weight excluding hydrogens is 327 g/mol. The maximum atomic E-state index is 13.7. The standard InChI is InChI=1S/C15H18F3N3O3/c1-19-15(23)20-7-10-8-24-5-4-21(10)14(22)9-2-3-11(13(17)18)12(16)6-9/h2-3,6,10,13H,4-5,7-8H2,1H3,(H2,19,20,23). The third-order valence-corrected chi connectivity index (χ3v) is 3.70. The molecule has 1 aliphatic rings. The van der Waals surface area contributed by atoms with Gasteiger partial charge in [0.25, 0.3) is 12.3 Å². The SMILES string of the molecule is CNC(=O)NCC1COCCN1C(=O)c1ccc(C(F)F)c(F)c1. The van der Waals surface area contributed by atoms with E-state index >= 15 is 0 Å². The summed E-state index contributed by atoms with van der Waals surface area (Å²) in [6.45, 7) is 0.938. The summed E-state index contributed by atoms with van der Waals surface area (Å²) in [7, 11) is 1.46. The number of carbonyl (C=O) groups excluding carboxylic acids is 2. The van der Waals surface area contributed by atoms with Gasteiger partial charge in [-0.1, -0.05) is 0 Å². The molecule has 0 spiro atoms. The summed E-state index contributed by atoms with van der Waals surface area (Å²) in [5.74, 6) is -1.62. The Kier molecular flexibility index (Phi) is 6.02. The number of halogens is 3. The fourth-order valence-electron chi connectivity index (χ4n) is 2.39. The Morgan fingerprint density at radius 3 is 2.79 bits per heavy atom. The smallest absolute Gasteiger partial charge is 0.314 e. The van der Waals surface area contributed by atoms with Gasteiger partial charge in [-0.15, -0.1) is 0 Å². The number of rotatable bonds is 4. The van der Waals surface area contributed by atoms with Gasteiger partial charge in [-0.2, -0.15) is 0 Å². The van der Waals surface area contributed by atoms with Crippen LogP contribution in [0.1, 0.15) is 22.3 Å². The lowest BCUT2D eigenvalue weighted by Gasteiger charge is -2.35. The fourth-order valence-corrected chi connectivity index (χ4v) is 2.39. The van der Waals surface area contributed by atoms with Crippen LogP contribution in [0.15, 0.2) is 18.2 Å². The molecule has 3 amide bonds. The van der Waals surface area contributed by atoms with Crippen molar-refractivity contribution in [2.75, 3.05) is 33.4 Å². The summed E-state index contributed by atoms with van der Waals surface area (Å²) < 4.78 is 44.2. The summed E-state index contributed by atoms with van der Waals surface area (Å²) in [4.78, 5) is 25.2. The van der Waals surface area contributed by atoms with Crippen molar-refractivity contribution in [2.45, 2.75) is 12.5 Å². The summed E-state index contributed by atoms with van der Waals surface area (Å²) >= 11 is 0. The third-order valence-electron chi connectivity index (χ3n) is 3.70. The summed E-state index contributed by atoms with van der Waals surface area (Å²) in [5.41, 5.74) is -0.768. The van der Waals surface area contributed by atoms with E-state index in [0.29, 0.717) is 6.61 Å². The van der Waals surface area contributed by atoms with E-state index in [4.69, 9.17) is 4.74 Å². The molecule has 24 heavy (non-hydrogen) atoms. The lowest BCUT2D eigenvalue weighted by atomic mass is 10.1. The number of hydrogen-bond acceptors (Lipinski definition) is 3. The minimum atomic E-state index is -2.94. The van der Waals surface area contributed by atoms with Crippen molar-refractivity contribution in [3.8, 4) is 0 Å². The van der Waals surface area contributed by atoms with E-state index in [-0.39, 0.29) is 25.3 Å². The van der Waals surface area contributed by atoms with Gasteiger partial charge in [0.15, 0.2) is 0 Å². The Hall–Kier alpha value is -2.29. The first-order chi connectivity index (χ1) is 11.4. The van der Waals surface area contributed by atoms with Crippen molar-refractivity contribution >= 4 is 11.9 Å². The van der Waals surface area contributed by atoms with E-state index in [1.54, 1.807) is 0 Å². The first-order valence-corrected chi connectivity index (χ1v) is 7.36. The number of urea groups is 1. The molecule has 1 atom stereocenters. The van der Waals surface area contributed by atoms with Gasteiger partial charge in [0.05, 0.1) is 24.8 Å². The normalized spacial score (nSPS) is 17.7. The molecule has 1 aliphatic heterocycles. The van der Waals surface area contributed by atoms with E-state index in [0.717, 1.165) is 12.1 Å². The maximum Gasteiger partial charge on any atom is 0.314 e. The molecule has 9 heteroatoms. The van der Waals surface area contributed by atoms with Crippen LogP contribution >= 0.6 is 0 Å². The van der Waals surface area contributed by atoms with Crippen LogP contribution in [0.25, 0.3) is 0 Å². The molecule has 0 saturated carbocycles. The summed E-state index contributed by atoms with van der Waals surface area (Å²) in [5, 5.41) is 4.97. The zero-order valence-electron chi connectivity index (χ0n) is 13.0. The van der Waals surface area contributed by atoms with Gasteiger partial charge in [-0.3, -0.25) is 4.79 Å². The van der Waals surface area contributed by atoms with Crippen molar-refractivity contribution in [1.82, 2.24) is 15.5 Å². The van der Waals surface area contributed by atoms with E-state index < -0.39 is 35.8 Å². The predicted octanol–water partition coefficient (Wildman–Crippen LogP) is 1.53.